The third-order valence-corrected chi connectivity index (χ3v) is 7.47. The Morgan fingerprint density at radius 2 is 0.800 bits per heavy atom. The standard InChI is InChI=1S/C28H58NO5.ClH/c1-5-9-11-13-27(7-3)29(28(8-4)14-12-10-6-2)15-17-30-19-21-32-23-25-34-26-24-33-22-20-31-18-16-29;/h27-28H,5-26H2,1-4H3;1H/q+1;/p-1. The van der Waals surface area contributed by atoms with Crippen molar-refractivity contribution in [3.63, 3.8) is 0 Å². The molecular formula is C28H58ClNO5. The number of hydrogen-bond donors (Lipinski definition) is 0. The van der Waals surface area contributed by atoms with Crippen molar-refractivity contribution in [3.05, 3.63) is 0 Å². The summed E-state index contributed by atoms with van der Waals surface area (Å²) >= 11 is 0. The first-order valence-corrected chi connectivity index (χ1v) is 14.5. The zero-order valence-corrected chi connectivity index (χ0v) is 24.3. The van der Waals surface area contributed by atoms with Gasteiger partial charge in [0.15, 0.2) is 0 Å². The quantitative estimate of drug-likeness (QED) is 0.291. The van der Waals surface area contributed by atoms with Crippen molar-refractivity contribution < 1.29 is 40.6 Å². The van der Waals surface area contributed by atoms with E-state index in [-0.39, 0.29) is 12.4 Å². The molecule has 35 heavy (non-hydrogen) atoms. The lowest BCUT2D eigenvalue weighted by Crippen LogP contribution is -3.00. The van der Waals surface area contributed by atoms with E-state index >= 15 is 0 Å². The Labute approximate surface area is 223 Å². The molecular weight excluding hydrogens is 466 g/mol. The minimum absolute atomic E-state index is 0. The number of rotatable bonds is 12. The normalized spacial score (nSPS) is 21.3. The van der Waals surface area contributed by atoms with Gasteiger partial charge in [-0.15, -0.1) is 0 Å². The van der Waals surface area contributed by atoms with Gasteiger partial charge in [-0.3, -0.25) is 0 Å². The van der Waals surface area contributed by atoms with Crippen LogP contribution in [0, 0.1) is 0 Å². The van der Waals surface area contributed by atoms with Gasteiger partial charge in [0, 0.05) is 0 Å². The van der Waals surface area contributed by atoms with Crippen LogP contribution in [0.4, 0.5) is 0 Å². The topological polar surface area (TPSA) is 46.2 Å². The predicted octanol–water partition coefficient (Wildman–Crippen LogP) is 2.62. The van der Waals surface area contributed by atoms with Crippen molar-refractivity contribution in [3.8, 4) is 0 Å². The molecule has 6 nitrogen and oxygen atoms in total. The van der Waals surface area contributed by atoms with Crippen molar-refractivity contribution in [2.24, 2.45) is 0 Å². The Hall–Kier alpha value is 0.0500. The molecule has 212 valence electrons. The van der Waals surface area contributed by atoms with Crippen molar-refractivity contribution in [2.45, 2.75) is 104 Å². The summed E-state index contributed by atoms with van der Waals surface area (Å²) in [5.74, 6) is 0. The Balaban J connectivity index is 0.0000116. The van der Waals surface area contributed by atoms with Crippen LogP contribution in [0.15, 0.2) is 0 Å². The second kappa shape index (κ2) is 24.4. The summed E-state index contributed by atoms with van der Waals surface area (Å²) in [6, 6.07) is 1.33. The van der Waals surface area contributed by atoms with Crippen LogP contribution in [0.5, 0.6) is 0 Å². The van der Waals surface area contributed by atoms with Gasteiger partial charge < -0.3 is 40.6 Å². The summed E-state index contributed by atoms with van der Waals surface area (Å²) in [5, 5.41) is 0. The van der Waals surface area contributed by atoms with Crippen molar-refractivity contribution in [1.82, 2.24) is 0 Å². The van der Waals surface area contributed by atoms with Gasteiger partial charge in [0.05, 0.1) is 78.2 Å². The molecule has 0 bridgehead atoms. The lowest BCUT2D eigenvalue weighted by Gasteiger charge is -2.50. The first kappa shape index (κ1) is 35.0. The van der Waals surface area contributed by atoms with E-state index in [0.717, 1.165) is 30.8 Å². The maximum Gasteiger partial charge on any atom is 0.103 e. The lowest BCUT2D eigenvalue weighted by molar-refractivity contribution is -0.975. The van der Waals surface area contributed by atoms with Gasteiger partial charge in [-0.05, 0) is 38.5 Å². The molecule has 2 unspecified atom stereocenters. The molecule has 1 fully saturated rings. The summed E-state index contributed by atoms with van der Waals surface area (Å²) in [6.45, 7) is 18.1. The molecule has 0 aromatic rings. The number of ether oxygens (including phenoxy) is 5. The van der Waals surface area contributed by atoms with Crippen LogP contribution in [0.2, 0.25) is 0 Å². The Kier molecular flexibility index (Phi) is 24.4. The minimum Gasteiger partial charge on any atom is -1.00 e. The van der Waals surface area contributed by atoms with E-state index in [1.807, 2.05) is 0 Å². The van der Waals surface area contributed by atoms with Crippen LogP contribution in [0.25, 0.3) is 0 Å². The van der Waals surface area contributed by atoms with E-state index in [1.54, 1.807) is 0 Å². The van der Waals surface area contributed by atoms with Crippen LogP contribution >= 0.6 is 0 Å². The molecule has 0 aromatic heterocycles. The molecule has 1 aliphatic heterocycles. The van der Waals surface area contributed by atoms with Gasteiger partial charge >= 0.3 is 0 Å². The first-order valence-electron chi connectivity index (χ1n) is 14.5. The van der Waals surface area contributed by atoms with E-state index in [1.165, 1.54) is 64.2 Å². The monoisotopic (exact) mass is 523 g/mol. The van der Waals surface area contributed by atoms with Gasteiger partial charge in [0.2, 0.25) is 0 Å². The average Bonchev–Trinajstić information content (AvgIpc) is 2.85. The van der Waals surface area contributed by atoms with Crippen molar-refractivity contribution in [1.29, 1.82) is 0 Å². The maximum absolute atomic E-state index is 6.13. The highest BCUT2D eigenvalue weighted by atomic mass is 35.5. The molecule has 1 heterocycles. The zero-order valence-electron chi connectivity index (χ0n) is 23.6. The summed E-state index contributed by atoms with van der Waals surface area (Å²) in [6.07, 6.45) is 12.9. The van der Waals surface area contributed by atoms with Gasteiger partial charge in [0.25, 0.3) is 0 Å². The van der Waals surface area contributed by atoms with Crippen LogP contribution in [0.3, 0.4) is 0 Å². The lowest BCUT2D eigenvalue weighted by atomic mass is 9.93. The second-order valence-electron chi connectivity index (χ2n) is 9.73. The fourth-order valence-electron chi connectivity index (χ4n) is 5.50. The van der Waals surface area contributed by atoms with Crippen LogP contribution in [-0.2, 0) is 23.7 Å². The summed E-state index contributed by atoms with van der Waals surface area (Å²) in [4.78, 5) is 0. The summed E-state index contributed by atoms with van der Waals surface area (Å²) in [7, 11) is 0. The second-order valence-corrected chi connectivity index (χ2v) is 9.73. The third kappa shape index (κ3) is 15.1. The van der Waals surface area contributed by atoms with Gasteiger partial charge in [-0.2, -0.15) is 0 Å². The Bertz CT molecular complexity index is 406. The number of hydrogen-bond acceptors (Lipinski definition) is 5. The number of unbranched alkanes of at least 4 members (excludes halogenated alkanes) is 4. The molecule has 7 heteroatoms. The zero-order chi connectivity index (χ0) is 24.7. The summed E-state index contributed by atoms with van der Waals surface area (Å²) < 4.78 is 30.3. The molecule has 0 N–H and O–H groups in total. The van der Waals surface area contributed by atoms with Crippen molar-refractivity contribution in [2.75, 3.05) is 79.2 Å². The highest BCUT2D eigenvalue weighted by Gasteiger charge is 2.41. The van der Waals surface area contributed by atoms with E-state index in [2.05, 4.69) is 27.7 Å². The largest absolute Gasteiger partial charge is 1.00 e. The van der Waals surface area contributed by atoms with E-state index in [4.69, 9.17) is 23.7 Å². The van der Waals surface area contributed by atoms with E-state index in [9.17, 15) is 0 Å². The summed E-state index contributed by atoms with van der Waals surface area (Å²) in [5.41, 5.74) is 0. The van der Waals surface area contributed by atoms with E-state index < -0.39 is 0 Å². The van der Waals surface area contributed by atoms with Gasteiger partial charge in [-0.1, -0.05) is 53.4 Å². The van der Waals surface area contributed by atoms with Gasteiger partial charge in [-0.25, -0.2) is 0 Å². The van der Waals surface area contributed by atoms with Crippen LogP contribution < -0.4 is 12.4 Å². The molecule has 1 aliphatic rings. The van der Waals surface area contributed by atoms with Crippen molar-refractivity contribution >= 4 is 0 Å². The van der Waals surface area contributed by atoms with Crippen LogP contribution in [-0.4, -0.2) is 95.7 Å². The molecule has 0 aliphatic carbocycles. The fourth-order valence-corrected chi connectivity index (χ4v) is 5.50. The smallest absolute Gasteiger partial charge is 0.103 e. The number of halogens is 1. The molecule has 0 spiro atoms. The highest BCUT2D eigenvalue weighted by Crippen LogP contribution is 2.31. The average molecular weight is 524 g/mol. The Morgan fingerprint density at radius 3 is 1.09 bits per heavy atom. The third-order valence-electron chi connectivity index (χ3n) is 7.47. The SMILES string of the molecule is CCCCCC(CC)[N+]1(C(CC)CCCCC)CCOCCOCCOCCOCCOCC1.[Cl-]. The maximum atomic E-state index is 6.13. The Morgan fingerprint density at radius 1 is 0.486 bits per heavy atom. The number of nitrogens with zero attached hydrogens (tertiary/aromatic N) is 1. The minimum atomic E-state index is 0. The molecule has 0 saturated carbocycles. The molecule has 0 aromatic carbocycles. The number of quaternary nitrogens is 1. The first-order chi connectivity index (χ1) is 16.7. The molecule has 1 rings (SSSR count). The molecule has 0 amide bonds. The van der Waals surface area contributed by atoms with Gasteiger partial charge in [0.1, 0.15) is 13.1 Å². The predicted molar refractivity (Wildman–Crippen MR) is 141 cm³/mol. The van der Waals surface area contributed by atoms with Crippen LogP contribution in [0.1, 0.15) is 91.9 Å². The molecule has 0 radical (unpaired) electrons. The van der Waals surface area contributed by atoms with E-state index in [0.29, 0.717) is 64.9 Å². The molecule has 2 atom stereocenters. The fraction of sp³-hybridized carbons (Fsp3) is 1.00. The molecule has 1 saturated heterocycles. The highest BCUT2D eigenvalue weighted by molar-refractivity contribution is 4.69.